The van der Waals surface area contributed by atoms with E-state index in [0.717, 1.165) is 15.2 Å². The van der Waals surface area contributed by atoms with Crippen molar-refractivity contribution in [3.63, 3.8) is 0 Å². The number of thiazole rings is 1. The van der Waals surface area contributed by atoms with Gasteiger partial charge in [0.2, 0.25) is 0 Å². The van der Waals surface area contributed by atoms with Crippen molar-refractivity contribution in [2.45, 2.75) is 17.9 Å². The fourth-order valence-corrected chi connectivity index (χ4v) is 4.44. The van der Waals surface area contributed by atoms with Gasteiger partial charge in [0.25, 0.3) is 5.91 Å². The molecule has 0 aliphatic carbocycles. The number of hydrogen-bond donors (Lipinski definition) is 0. The first kappa shape index (κ1) is 20.2. The molecule has 3 rings (SSSR count). The molecule has 0 aliphatic rings. The summed E-state index contributed by atoms with van der Waals surface area (Å²) in [6.07, 6.45) is 1.49. The van der Waals surface area contributed by atoms with Crippen LogP contribution in [0.25, 0.3) is 10.2 Å². The summed E-state index contributed by atoms with van der Waals surface area (Å²) < 4.78 is 18.0. The summed E-state index contributed by atoms with van der Waals surface area (Å²) >= 11 is 1.53. The second-order valence-electron chi connectivity index (χ2n) is 6.23. The molecule has 3 aromatic rings. The maximum Gasteiger partial charge on any atom is 0.339 e. The molecule has 1 aromatic heterocycles. The maximum absolute atomic E-state index is 12.5. The van der Waals surface area contributed by atoms with Gasteiger partial charge in [-0.3, -0.25) is 9.00 Å². The van der Waals surface area contributed by atoms with Crippen molar-refractivity contribution in [3.05, 3.63) is 59.1 Å². The van der Waals surface area contributed by atoms with E-state index in [2.05, 4.69) is 4.98 Å². The zero-order chi connectivity index (χ0) is 20.3. The Balaban J connectivity index is 1.65. The number of esters is 1. The molecule has 0 unspecified atom stereocenters. The predicted molar refractivity (Wildman–Crippen MR) is 110 cm³/mol. The predicted octanol–water partition coefficient (Wildman–Crippen LogP) is 3.41. The summed E-state index contributed by atoms with van der Waals surface area (Å²) in [6, 6.07) is 14.0. The molecular weight excluding hydrogens is 396 g/mol. The van der Waals surface area contributed by atoms with E-state index in [9.17, 15) is 13.8 Å². The van der Waals surface area contributed by atoms with Gasteiger partial charge >= 0.3 is 5.97 Å². The Morgan fingerprint density at radius 2 is 1.86 bits per heavy atom. The quantitative estimate of drug-likeness (QED) is 0.576. The van der Waals surface area contributed by atoms with Crippen molar-refractivity contribution >= 4 is 44.2 Å². The van der Waals surface area contributed by atoms with E-state index < -0.39 is 23.4 Å². The van der Waals surface area contributed by atoms with Gasteiger partial charge in [-0.1, -0.05) is 24.3 Å². The number of carbonyl (C=O) groups excluding carboxylic acids is 2. The highest BCUT2D eigenvalue weighted by Gasteiger charge is 2.23. The lowest BCUT2D eigenvalue weighted by atomic mass is 10.2. The Hall–Kier alpha value is -2.58. The van der Waals surface area contributed by atoms with Gasteiger partial charge in [-0.05, 0) is 31.2 Å². The normalized spacial score (nSPS) is 13.1. The molecule has 2 atom stereocenters. The van der Waals surface area contributed by atoms with Gasteiger partial charge in [-0.2, -0.15) is 0 Å². The molecule has 0 saturated carbocycles. The number of likely N-dealkylation sites (N-methyl/N-ethyl adjacent to an activating group) is 1. The van der Waals surface area contributed by atoms with Crippen molar-refractivity contribution in [3.8, 4) is 0 Å². The van der Waals surface area contributed by atoms with Crippen LogP contribution < -0.4 is 0 Å². The van der Waals surface area contributed by atoms with E-state index in [1.165, 1.54) is 28.6 Å². The highest BCUT2D eigenvalue weighted by molar-refractivity contribution is 7.84. The summed E-state index contributed by atoms with van der Waals surface area (Å²) in [5.41, 5.74) is 1.10. The number of nitrogens with zero attached hydrogens (tertiary/aromatic N) is 2. The number of benzene rings is 2. The lowest BCUT2D eigenvalue weighted by Crippen LogP contribution is -2.33. The fourth-order valence-electron chi connectivity index (χ4n) is 2.64. The number of rotatable bonds is 6. The number of hydrogen-bond acceptors (Lipinski definition) is 6. The number of para-hydroxylation sites is 1. The van der Waals surface area contributed by atoms with Gasteiger partial charge in [0, 0.05) is 13.3 Å². The van der Waals surface area contributed by atoms with Crippen LogP contribution in [-0.4, -0.2) is 45.9 Å². The summed E-state index contributed by atoms with van der Waals surface area (Å²) in [6.45, 7) is 1.49. The fraction of sp³-hybridized carbons (Fsp3) is 0.250. The van der Waals surface area contributed by atoms with Crippen molar-refractivity contribution < 1.29 is 18.5 Å². The van der Waals surface area contributed by atoms with Gasteiger partial charge in [0.1, 0.15) is 5.01 Å². The lowest BCUT2D eigenvalue weighted by molar-refractivity contribution is -0.135. The van der Waals surface area contributed by atoms with Crippen molar-refractivity contribution in [1.82, 2.24) is 9.88 Å². The maximum atomic E-state index is 12.5. The number of amides is 1. The van der Waals surface area contributed by atoms with Gasteiger partial charge < -0.3 is 9.64 Å². The minimum absolute atomic E-state index is 0.206. The Morgan fingerprint density at radius 3 is 2.57 bits per heavy atom. The largest absolute Gasteiger partial charge is 0.452 e. The van der Waals surface area contributed by atoms with Crippen molar-refractivity contribution in [2.24, 2.45) is 0 Å². The SMILES string of the molecule is C[C@@H](c1nc2ccccc2s1)N(C)C(=O)COC(=O)c1ccccc1[S@](C)=O. The molecule has 0 saturated heterocycles. The van der Waals surface area contributed by atoms with Crippen LogP contribution in [0, 0.1) is 0 Å². The summed E-state index contributed by atoms with van der Waals surface area (Å²) in [7, 11) is 0.327. The summed E-state index contributed by atoms with van der Waals surface area (Å²) in [5.74, 6) is -1.00. The third kappa shape index (κ3) is 4.28. The van der Waals surface area contributed by atoms with E-state index in [1.807, 2.05) is 31.2 Å². The molecule has 28 heavy (non-hydrogen) atoms. The number of carbonyl (C=O) groups is 2. The lowest BCUT2D eigenvalue weighted by Gasteiger charge is -2.23. The number of aromatic nitrogens is 1. The molecule has 8 heteroatoms. The summed E-state index contributed by atoms with van der Waals surface area (Å²) in [4.78, 5) is 31.3. The standard InChI is InChI=1S/C20H20N2O4S2/c1-13(19-21-15-9-5-6-10-16(15)27-19)22(2)18(23)12-26-20(24)14-8-4-7-11-17(14)28(3)25/h4-11,13H,12H2,1-3H3/t13-,28-/m0/s1. The third-order valence-electron chi connectivity index (χ3n) is 4.39. The highest BCUT2D eigenvalue weighted by Crippen LogP contribution is 2.28. The molecular formula is C20H20N2O4S2. The topological polar surface area (TPSA) is 76.6 Å². The molecule has 2 aromatic carbocycles. The van der Waals surface area contributed by atoms with Crippen molar-refractivity contribution in [1.29, 1.82) is 0 Å². The molecule has 146 valence electrons. The van der Waals surface area contributed by atoms with Crippen LogP contribution in [0.3, 0.4) is 0 Å². The molecule has 0 N–H and O–H groups in total. The monoisotopic (exact) mass is 416 g/mol. The van der Waals surface area contributed by atoms with Crippen LogP contribution in [0.15, 0.2) is 53.4 Å². The number of ether oxygens (including phenoxy) is 1. The Kier molecular flexibility index (Phi) is 6.21. The molecule has 0 bridgehead atoms. The second kappa shape index (κ2) is 8.62. The zero-order valence-electron chi connectivity index (χ0n) is 15.7. The van der Waals surface area contributed by atoms with Gasteiger partial charge in [-0.15, -0.1) is 11.3 Å². The number of fused-ring (bicyclic) bond motifs is 1. The van der Waals surface area contributed by atoms with Gasteiger partial charge in [0.15, 0.2) is 6.61 Å². The highest BCUT2D eigenvalue weighted by atomic mass is 32.2. The Morgan fingerprint density at radius 1 is 1.18 bits per heavy atom. The molecule has 6 nitrogen and oxygen atoms in total. The first-order valence-electron chi connectivity index (χ1n) is 8.59. The Labute approximate surface area is 169 Å². The first-order valence-corrected chi connectivity index (χ1v) is 11.0. The second-order valence-corrected chi connectivity index (χ2v) is 8.64. The summed E-state index contributed by atoms with van der Waals surface area (Å²) in [5, 5.41) is 0.815. The van der Waals surface area contributed by atoms with E-state index in [1.54, 1.807) is 25.2 Å². The van der Waals surface area contributed by atoms with Gasteiger partial charge in [0.05, 0.1) is 37.5 Å². The average Bonchev–Trinajstić information content (AvgIpc) is 3.14. The third-order valence-corrected chi connectivity index (χ3v) is 6.57. The van der Waals surface area contributed by atoms with Crippen molar-refractivity contribution in [2.75, 3.05) is 19.9 Å². The Bertz CT molecular complexity index is 1010. The molecule has 1 heterocycles. The van der Waals surface area contributed by atoms with E-state index >= 15 is 0 Å². The van der Waals surface area contributed by atoms with Crippen LogP contribution in [-0.2, 0) is 20.3 Å². The van der Waals surface area contributed by atoms with Crippen LogP contribution in [0.4, 0.5) is 0 Å². The first-order chi connectivity index (χ1) is 13.4. The molecule has 1 amide bonds. The van der Waals surface area contributed by atoms with E-state index in [-0.39, 0.29) is 17.5 Å². The molecule has 0 fully saturated rings. The molecule has 0 aliphatic heterocycles. The minimum Gasteiger partial charge on any atom is -0.452 e. The smallest absolute Gasteiger partial charge is 0.339 e. The van der Waals surface area contributed by atoms with E-state index in [0.29, 0.717) is 4.90 Å². The van der Waals surface area contributed by atoms with Crippen LogP contribution in [0.1, 0.15) is 28.3 Å². The van der Waals surface area contributed by atoms with E-state index in [4.69, 9.17) is 4.74 Å². The average molecular weight is 417 g/mol. The van der Waals surface area contributed by atoms with Crippen LogP contribution >= 0.6 is 11.3 Å². The van der Waals surface area contributed by atoms with Crippen LogP contribution in [0.5, 0.6) is 0 Å². The van der Waals surface area contributed by atoms with Crippen LogP contribution in [0.2, 0.25) is 0 Å². The van der Waals surface area contributed by atoms with Gasteiger partial charge in [-0.25, -0.2) is 9.78 Å². The molecule has 0 radical (unpaired) electrons. The molecule has 0 spiro atoms. The minimum atomic E-state index is -1.33. The zero-order valence-corrected chi connectivity index (χ0v) is 17.4.